The number of rotatable bonds is 10. The van der Waals surface area contributed by atoms with Crippen LogP contribution in [0.25, 0.3) is 21.8 Å². The maximum absolute atomic E-state index is 12.7. The van der Waals surface area contributed by atoms with Crippen molar-refractivity contribution in [2.45, 2.75) is 45.3 Å². The molecule has 188 valence electrons. The Morgan fingerprint density at radius 3 is 2.64 bits per heavy atom. The lowest BCUT2D eigenvalue weighted by Crippen LogP contribution is -2.22. The topological polar surface area (TPSA) is 106 Å². The molecule has 2 aromatic heterocycles. The number of nitrogens with zero attached hydrogens (tertiary/aromatic N) is 4. The van der Waals surface area contributed by atoms with Gasteiger partial charge in [0.1, 0.15) is 31.0 Å². The molecule has 0 saturated heterocycles. The molecular formula is C25H27F2N5O3Si. The monoisotopic (exact) mass is 511 g/mol. The highest BCUT2D eigenvalue weighted by atomic mass is 28.3. The van der Waals surface area contributed by atoms with Crippen LogP contribution >= 0.6 is 0 Å². The van der Waals surface area contributed by atoms with Crippen molar-refractivity contribution in [3.05, 3.63) is 63.8 Å². The van der Waals surface area contributed by atoms with Gasteiger partial charge in [-0.15, -0.1) is 0 Å². The Hall–Kier alpha value is -3.62. The molecule has 2 aromatic carbocycles. The Morgan fingerprint density at radius 2 is 1.94 bits per heavy atom. The van der Waals surface area contributed by atoms with E-state index in [1.807, 2.05) is 22.8 Å². The largest absolute Gasteiger partial charge is 0.486 e. The SMILES string of the molecule is C[Si](C)(C)CCOCn1c(Cc2n[nH]c(=O)c3ccccc23)nc2cc(OCC(F)F)c(C#N)cc21. The summed E-state index contributed by atoms with van der Waals surface area (Å²) in [6.45, 7) is 6.75. The summed E-state index contributed by atoms with van der Waals surface area (Å²) < 4.78 is 38.5. The average Bonchev–Trinajstić information content (AvgIpc) is 3.16. The lowest BCUT2D eigenvalue weighted by atomic mass is 10.1. The number of alkyl halides is 2. The van der Waals surface area contributed by atoms with Gasteiger partial charge in [0, 0.05) is 26.1 Å². The van der Waals surface area contributed by atoms with E-state index in [2.05, 4.69) is 29.8 Å². The number of imidazole rings is 1. The van der Waals surface area contributed by atoms with Gasteiger partial charge in [-0.25, -0.2) is 18.9 Å². The molecule has 0 aliphatic rings. The van der Waals surface area contributed by atoms with Gasteiger partial charge in [-0.1, -0.05) is 37.8 Å². The normalized spacial score (nSPS) is 11.9. The molecule has 0 atom stereocenters. The molecule has 36 heavy (non-hydrogen) atoms. The fourth-order valence-corrected chi connectivity index (χ4v) is 4.59. The number of halogens is 2. The minimum atomic E-state index is -2.67. The second-order valence-corrected chi connectivity index (χ2v) is 15.3. The van der Waals surface area contributed by atoms with Crippen molar-refractivity contribution in [2.24, 2.45) is 0 Å². The van der Waals surface area contributed by atoms with E-state index >= 15 is 0 Å². The first-order valence-corrected chi connectivity index (χ1v) is 15.3. The van der Waals surface area contributed by atoms with Gasteiger partial charge in [0.15, 0.2) is 0 Å². The molecule has 0 fully saturated rings. The summed E-state index contributed by atoms with van der Waals surface area (Å²) in [5.41, 5.74) is 1.57. The smallest absolute Gasteiger partial charge is 0.272 e. The van der Waals surface area contributed by atoms with Crippen molar-refractivity contribution in [2.75, 3.05) is 13.2 Å². The summed E-state index contributed by atoms with van der Waals surface area (Å²) in [7, 11) is -1.30. The van der Waals surface area contributed by atoms with E-state index in [0.717, 1.165) is 6.04 Å². The minimum absolute atomic E-state index is 0.0498. The Balaban J connectivity index is 1.76. The number of ether oxygens (including phenoxy) is 2. The number of benzene rings is 2. The highest BCUT2D eigenvalue weighted by Crippen LogP contribution is 2.28. The summed E-state index contributed by atoms with van der Waals surface area (Å²) in [6, 6.07) is 13.2. The van der Waals surface area contributed by atoms with Crippen molar-refractivity contribution in [1.82, 2.24) is 19.7 Å². The van der Waals surface area contributed by atoms with Crippen molar-refractivity contribution in [3.8, 4) is 11.8 Å². The molecule has 8 nitrogen and oxygen atoms in total. The first-order valence-electron chi connectivity index (χ1n) is 11.5. The van der Waals surface area contributed by atoms with Gasteiger partial charge in [-0.3, -0.25) is 4.79 Å². The third-order valence-electron chi connectivity index (χ3n) is 5.73. The molecule has 4 rings (SSSR count). The summed E-state index contributed by atoms with van der Waals surface area (Å²) in [6.07, 6.45) is -2.39. The molecule has 2 heterocycles. The standard InChI is InChI=1S/C25H27F2N5O3Si/c1-36(2,3)9-8-34-15-32-21-10-16(13-28)22(35-14-23(26)27)11-20(21)29-24(32)12-19-17-6-4-5-7-18(17)25(33)31-30-19/h4-7,10-11,23H,8-9,12,14-15H2,1-3H3,(H,31,33). The number of hydrogen-bond acceptors (Lipinski definition) is 6. The minimum Gasteiger partial charge on any atom is -0.486 e. The third kappa shape index (κ3) is 5.77. The molecule has 0 radical (unpaired) electrons. The predicted octanol–water partition coefficient (Wildman–Crippen LogP) is 4.69. The van der Waals surface area contributed by atoms with E-state index in [9.17, 15) is 18.8 Å². The molecule has 0 bridgehead atoms. The van der Waals surface area contributed by atoms with E-state index in [0.29, 0.717) is 39.9 Å². The molecule has 4 aromatic rings. The van der Waals surface area contributed by atoms with Crippen LogP contribution in [0.15, 0.2) is 41.2 Å². The van der Waals surface area contributed by atoms with Crippen LogP contribution in [0.1, 0.15) is 17.1 Å². The van der Waals surface area contributed by atoms with Gasteiger partial charge in [0.05, 0.1) is 34.1 Å². The molecule has 1 N–H and O–H groups in total. The Morgan fingerprint density at radius 1 is 1.19 bits per heavy atom. The Labute approximate surface area is 207 Å². The average molecular weight is 512 g/mol. The summed E-state index contributed by atoms with van der Waals surface area (Å²) in [5, 5.41) is 17.6. The zero-order chi connectivity index (χ0) is 25.9. The van der Waals surface area contributed by atoms with E-state index < -0.39 is 21.1 Å². The highest BCUT2D eigenvalue weighted by molar-refractivity contribution is 6.76. The van der Waals surface area contributed by atoms with Gasteiger partial charge < -0.3 is 14.0 Å². The molecule has 0 spiro atoms. The van der Waals surface area contributed by atoms with Crippen LogP contribution in [-0.4, -0.2) is 47.5 Å². The molecule has 11 heteroatoms. The van der Waals surface area contributed by atoms with Gasteiger partial charge in [-0.2, -0.15) is 10.4 Å². The quantitative estimate of drug-likeness (QED) is 0.245. The molecule has 0 aliphatic heterocycles. The van der Waals surface area contributed by atoms with E-state index in [1.165, 1.54) is 6.07 Å². The van der Waals surface area contributed by atoms with Gasteiger partial charge in [0.2, 0.25) is 0 Å². The van der Waals surface area contributed by atoms with Crippen molar-refractivity contribution >= 4 is 29.9 Å². The number of nitriles is 1. The van der Waals surface area contributed by atoms with E-state index in [1.54, 1.807) is 18.2 Å². The van der Waals surface area contributed by atoms with E-state index in [4.69, 9.17) is 14.5 Å². The highest BCUT2D eigenvalue weighted by Gasteiger charge is 2.19. The fraction of sp³-hybridized carbons (Fsp3) is 0.360. The summed E-state index contributed by atoms with van der Waals surface area (Å²) in [5.74, 6) is 0.645. The van der Waals surface area contributed by atoms with Crippen LogP contribution in [0.2, 0.25) is 25.7 Å². The number of aromatic nitrogens is 4. The number of hydrogen-bond donors (Lipinski definition) is 1. The van der Waals surface area contributed by atoms with Crippen LogP contribution in [-0.2, 0) is 17.9 Å². The molecular weight excluding hydrogens is 484 g/mol. The molecule has 0 saturated carbocycles. The first kappa shape index (κ1) is 25.5. The zero-order valence-electron chi connectivity index (χ0n) is 20.3. The second-order valence-electron chi connectivity index (χ2n) is 9.68. The van der Waals surface area contributed by atoms with Crippen molar-refractivity contribution in [3.63, 3.8) is 0 Å². The molecule has 0 unspecified atom stereocenters. The lowest BCUT2D eigenvalue weighted by molar-refractivity contribution is 0.0818. The van der Waals surface area contributed by atoms with Crippen molar-refractivity contribution in [1.29, 1.82) is 5.26 Å². The number of fused-ring (bicyclic) bond motifs is 2. The molecule has 0 amide bonds. The number of H-pyrrole nitrogens is 1. The maximum atomic E-state index is 12.7. The van der Waals surface area contributed by atoms with Gasteiger partial charge >= 0.3 is 0 Å². The van der Waals surface area contributed by atoms with Crippen molar-refractivity contribution < 1.29 is 18.3 Å². The third-order valence-corrected chi connectivity index (χ3v) is 7.44. The fourth-order valence-electron chi connectivity index (χ4n) is 3.83. The number of nitrogens with one attached hydrogen (secondary N) is 1. The van der Waals surface area contributed by atoms with Gasteiger partial charge in [-0.05, 0) is 18.2 Å². The van der Waals surface area contributed by atoms with Gasteiger partial charge in [0.25, 0.3) is 12.0 Å². The van der Waals surface area contributed by atoms with Crippen LogP contribution in [0.4, 0.5) is 8.78 Å². The van der Waals surface area contributed by atoms with Crippen LogP contribution in [0.5, 0.6) is 5.75 Å². The Bertz CT molecular complexity index is 1490. The summed E-state index contributed by atoms with van der Waals surface area (Å²) in [4.78, 5) is 16.9. The lowest BCUT2D eigenvalue weighted by Gasteiger charge is -2.16. The van der Waals surface area contributed by atoms with Crippen LogP contribution in [0.3, 0.4) is 0 Å². The molecule has 0 aliphatic carbocycles. The second kappa shape index (κ2) is 10.6. The summed E-state index contributed by atoms with van der Waals surface area (Å²) >= 11 is 0. The number of aromatic amines is 1. The van der Waals surface area contributed by atoms with Crippen LogP contribution < -0.4 is 10.3 Å². The van der Waals surface area contributed by atoms with E-state index in [-0.39, 0.29) is 30.0 Å². The van der Waals surface area contributed by atoms with Crippen LogP contribution in [0, 0.1) is 11.3 Å². The maximum Gasteiger partial charge on any atom is 0.272 e. The Kier molecular flexibility index (Phi) is 7.47. The predicted molar refractivity (Wildman–Crippen MR) is 135 cm³/mol. The zero-order valence-corrected chi connectivity index (χ0v) is 21.3. The first-order chi connectivity index (χ1) is 17.2.